The van der Waals surface area contributed by atoms with Crippen LogP contribution < -0.4 is 0 Å². The summed E-state index contributed by atoms with van der Waals surface area (Å²) in [5.41, 5.74) is 2.30. The number of hydrogen-bond donors (Lipinski definition) is 1. The molecule has 12 heavy (non-hydrogen) atoms. The van der Waals surface area contributed by atoms with E-state index in [9.17, 15) is 0 Å². The molecule has 0 aliphatic heterocycles. The maximum atomic E-state index is 9.04. The van der Waals surface area contributed by atoms with Crippen molar-refractivity contribution in [2.24, 2.45) is 11.8 Å². The maximum absolute atomic E-state index is 9.04. The van der Waals surface area contributed by atoms with Crippen molar-refractivity contribution in [3.63, 3.8) is 0 Å². The zero-order chi connectivity index (χ0) is 9.56. The molecule has 1 atom stereocenters. The summed E-state index contributed by atoms with van der Waals surface area (Å²) in [7, 11) is -0.226. The van der Waals surface area contributed by atoms with Gasteiger partial charge in [-0.3, -0.25) is 0 Å². The van der Waals surface area contributed by atoms with Gasteiger partial charge in [0.05, 0.1) is 8.80 Å². The molecule has 0 bridgehead atoms. The second-order valence-corrected chi connectivity index (χ2v) is 6.39. The molecule has 0 amide bonds. The standard InChI is InChI=1S/C10H21OSi/c1-9(2)10(8-11)6-5-7-12(3)4/h5,7,9-11H,6,8H2,1-4H3/b7-5-. The second kappa shape index (κ2) is 6.43. The molecule has 1 radical (unpaired) electrons. The summed E-state index contributed by atoms with van der Waals surface area (Å²) in [6.07, 6.45) is 3.26. The zero-order valence-corrected chi connectivity index (χ0v) is 9.67. The van der Waals surface area contributed by atoms with Gasteiger partial charge in [0.25, 0.3) is 0 Å². The summed E-state index contributed by atoms with van der Waals surface area (Å²) in [6, 6.07) is 0. The van der Waals surface area contributed by atoms with E-state index in [-0.39, 0.29) is 8.80 Å². The number of rotatable bonds is 5. The van der Waals surface area contributed by atoms with Crippen LogP contribution in [-0.4, -0.2) is 20.5 Å². The SMILES string of the molecule is CC(C)C(CO)C/C=C\[Si](C)C. The molecular formula is C10H21OSi. The van der Waals surface area contributed by atoms with Crippen molar-refractivity contribution in [2.45, 2.75) is 33.4 Å². The van der Waals surface area contributed by atoms with E-state index in [2.05, 4.69) is 38.7 Å². The highest BCUT2D eigenvalue weighted by molar-refractivity contribution is 6.61. The Morgan fingerprint density at radius 1 is 1.33 bits per heavy atom. The van der Waals surface area contributed by atoms with Crippen molar-refractivity contribution in [1.29, 1.82) is 0 Å². The lowest BCUT2D eigenvalue weighted by Crippen LogP contribution is -2.12. The molecule has 0 aromatic rings. The number of aliphatic hydroxyl groups is 1. The summed E-state index contributed by atoms with van der Waals surface area (Å²) in [5, 5.41) is 9.04. The largest absolute Gasteiger partial charge is 0.396 e. The third-order valence-corrected chi connectivity index (χ3v) is 2.97. The normalized spacial score (nSPS) is 14.9. The minimum Gasteiger partial charge on any atom is -0.396 e. The Morgan fingerprint density at radius 2 is 1.92 bits per heavy atom. The number of allylic oxidation sites excluding steroid dienone is 1. The van der Waals surface area contributed by atoms with E-state index in [1.54, 1.807) is 0 Å². The van der Waals surface area contributed by atoms with Gasteiger partial charge in [-0.05, 0) is 18.3 Å². The summed E-state index contributed by atoms with van der Waals surface area (Å²) >= 11 is 0. The number of aliphatic hydroxyl groups excluding tert-OH is 1. The molecule has 0 aromatic heterocycles. The molecule has 0 aromatic carbocycles. The van der Waals surface area contributed by atoms with Gasteiger partial charge >= 0.3 is 0 Å². The molecule has 0 aliphatic rings. The molecule has 0 spiro atoms. The molecule has 71 valence electrons. The molecule has 0 rings (SSSR count). The third kappa shape index (κ3) is 5.55. The Balaban J connectivity index is 3.72. The average Bonchev–Trinajstić information content (AvgIpc) is 1.96. The lowest BCUT2D eigenvalue weighted by atomic mass is 9.94. The Hall–Kier alpha value is -0.0831. The summed E-state index contributed by atoms with van der Waals surface area (Å²) in [5.74, 6) is 1.03. The van der Waals surface area contributed by atoms with Crippen LogP contribution in [0.1, 0.15) is 20.3 Å². The molecule has 0 fully saturated rings. The molecule has 0 saturated carbocycles. The van der Waals surface area contributed by atoms with Gasteiger partial charge in [0, 0.05) is 6.61 Å². The molecular weight excluding hydrogens is 164 g/mol. The van der Waals surface area contributed by atoms with Crippen LogP contribution in [0.25, 0.3) is 0 Å². The highest BCUT2D eigenvalue weighted by atomic mass is 28.3. The van der Waals surface area contributed by atoms with Crippen LogP contribution in [0.15, 0.2) is 11.8 Å². The van der Waals surface area contributed by atoms with Crippen LogP contribution in [0.3, 0.4) is 0 Å². The predicted octanol–water partition coefficient (Wildman–Crippen LogP) is 2.49. The Morgan fingerprint density at radius 3 is 2.25 bits per heavy atom. The summed E-state index contributed by atoms with van der Waals surface area (Å²) in [4.78, 5) is 0. The van der Waals surface area contributed by atoms with Gasteiger partial charge in [0.2, 0.25) is 0 Å². The van der Waals surface area contributed by atoms with Crippen LogP contribution in [-0.2, 0) is 0 Å². The van der Waals surface area contributed by atoms with E-state index < -0.39 is 0 Å². The van der Waals surface area contributed by atoms with Crippen LogP contribution in [0.2, 0.25) is 13.1 Å². The predicted molar refractivity (Wildman–Crippen MR) is 56.7 cm³/mol. The van der Waals surface area contributed by atoms with Crippen molar-refractivity contribution >= 4 is 8.80 Å². The highest BCUT2D eigenvalue weighted by Crippen LogP contribution is 2.14. The fourth-order valence-corrected chi connectivity index (χ4v) is 1.64. The summed E-state index contributed by atoms with van der Waals surface area (Å²) < 4.78 is 0. The maximum Gasteiger partial charge on any atom is 0.0688 e. The van der Waals surface area contributed by atoms with Gasteiger partial charge in [-0.15, -0.1) is 5.70 Å². The van der Waals surface area contributed by atoms with Gasteiger partial charge in [-0.1, -0.05) is 33.0 Å². The Bertz CT molecular complexity index is 130. The first kappa shape index (κ1) is 11.9. The van der Waals surface area contributed by atoms with Crippen molar-refractivity contribution in [3.8, 4) is 0 Å². The first-order valence-corrected chi connectivity index (χ1v) is 7.23. The van der Waals surface area contributed by atoms with Crippen LogP contribution >= 0.6 is 0 Å². The monoisotopic (exact) mass is 185 g/mol. The topological polar surface area (TPSA) is 20.2 Å². The molecule has 0 heterocycles. The van der Waals surface area contributed by atoms with Crippen LogP contribution in [0.5, 0.6) is 0 Å². The highest BCUT2D eigenvalue weighted by Gasteiger charge is 2.09. The van der Waals surface area contributed by atoms with E-state index in [4.69, 9.17) is 5.11 Å². The van der Waals surface area contributed by atoms with Crippen LogP contribution in [0, 0.1) is 11.8 Å². The number of hydrogen-bond acceptors (Lipinski definition) is 1. The quantitative estimate of drug-likeness (QED) is 0.653. The molecule has 1 unspecified atom stereocenters. The molecule has 1 nitrogen and oxygen atoms in total. The Labute approximate surface area is 78.1 Å². The van der Waals surface area contributed by atoms with E-state index >= 15 is 0 Å². The first-order chi connectivity index (χ1) is 5.57. The van der Waals surface area contributed by atoms with E-state index in [1.165, 1.54) is 0 Å². The summed E-state index contributed by atoms with van der Waals surface area (Å²) in [6.45, 7) is 9.18. The van der Waals surface area contributed by atoms with Gasteiger partial charge < -0.3 is 5.11 Å². The average molecular weight is 185 g/mol. The van der Waals surface area contributed by atoms with E-state index in [1.807, 2.05) is 0 Å². The van der Waals surface area contributed by atoms with Crippen molar-refractivity contribution in [2.75, 3.05) is 6.61 Å². The fourth-order valence-electron chi connectivity index (χ4n) is 1.04. The lowest BCUT2D eigenvalue weighted by Gasteiger charge is -2.15. The molecule has 0 saturated heterocycles. The van der Waals surface area contributed by atoms with Crippen molar-refractivity contribution in [1.82, 2.24) is 0 Å². The lowest BCUT2D eigenvalue weighted by molar-refractivity contribution is 0.191. The smallest absolute Gasteiger partial charge is 0.0688 e. The van der Waals surface area contributed by atoms with E-state index in [0.29, 0.717) is 18.4 Å². The fraction of sp³-hybridized carbons (Fsp3) is 0.800. The van der Waals surface area contributed by atoms with Crippen molar-refractivity contribution < 1.29 is 5.11 Å². The molecule has 1 N–H and O–H groups in total. The Kier molecular flexibility index (Phi) is 6.39. The van der Waals surface area contributed by atoms with Gasteiger partial charge in [0.15, 0.2) is 0 Å². The van der Waals surface area contributed by atoms with Gasteiger partial charge in [-0.2, -0.15) is 0 Å². The van der Waals surface area contributed by atoms with Gasteiger partial charge in [0.1, 0.15) is 0 Å². The second-order valence-electron chi connectivity index (χ2n) is 3.90. The van der Waals surface area contributed by atoms with Crippen molar-refractivity contribution in [3.05, 3.63) is 11.8 Å². The van der Waals surface area contributed by atoms with E-state index in [0.717, 1.165) is 6.42 Å². The minimum absolute atomic E-state index is 0.226. The van der Waals surface area contributed by atoms with Crippen LogP contribution in [0.4, 0.5) is 0 Å². The minimum atomic E-state index is -0.226. The zero-order valence-electron chi connectivity index (χ0n) is 8.67. The third-order valence-electron chi connectivity index (χ3n) is 2.07. The molecule has 2 heteroatoms. The molecule has 0 aliphatic carbocycles. The first-order valence-electron chi connectivity index (χ1n) is 4.65. The van der Waals surface area contributed by atoms with Gasteiger partial charge in [-0.25, -0.2) is 0 Å².